The molecule has 1 N–H and O–H groups in total. The predicted molar refractivity (Wildman–Crippen MR) is 80.5 cm³/mol. The summed E-state index contributed by atoms with van der Waals surface area (Å²) in [6, 6.07) is 9.26. The van der Waals surface area contributed by atoms with Gasteiger partial charge in [-0.2, -0.15) is 10.2 Å². The normalized spacial score (nSPS) is 11.6. The van der Waals surface area contributed by atoms with Gasteiger partial charge in [-0.05, 0) is 24.6 Å². The molecule has 0 saturated heterocycles. The van der Waals surface area contributed by atoms with Gasteiger partial charge in [0.15, 0.2) is 5.82 Å². The first-order valence-electron chi connectivity index (χ1n) is 6.71. The van der Waals surface area contributed by atoms with Gasteiger partial charge in [0.2, 0.25) is 0 Å². The average Bonchev–Trinajstić information content (AvgIpc) is 3.04. The van der Waals surface area contributed by atoms with Crippen LogP contribution in [0, 0.1) is 12.7 Å². The number of aromatic nitrogens is 4. The van der Waals surface area contributed by atoms with E-state index in [1.54, 1.807) is 17.8 Å². The molecule has 4 nitrogen and oxygen atoms in total. The van der Waals surface area contributed by atoms with E-state index in [1.807, 2.05) is 31.3 Å². The summed E-state index contributed by atoms with van der Waals surface area (Å²) in [6.07, 6.45) is 1.82. The molecule has 4 aromatic rings. The van der Waals surface area contributed by atoms with E-state index in [-0.39, 0.29) is 5.82 Å². The first-order valence-corrected chi connectivity index (χ1v) is 6.71. The maximum absolute atomic E-state index is 13.9. The molecule has 0 bridgehead atoms. The Kier molecular flexibility index (Phi) is 2.39. The van der Waals surface area contributed by atoms with Crippen LogP contribution in [0.15, 0.2) is 36.5 Å². The molecule has 4 rings (SSSR count). The molecule has 104 valence electrons. The lowest BCUT2D eigenvalue weighted by molar-refractivity contribution is 0.632. The maximum Gasteiger partial charge on any atom is 0.151 e. The van der Waals surface area contributed by atoms with Crippen LogP contribution in [0.5, 0.6) is 0 Å². The predicted octanol–water partition coefficient (Wildman–Crippen LogP) is 3.56. The van der Waals surface area contributed by atoms with Gasteiger partial charge < -0.3 is 0 Å². The Morgan fingerprint density at radius 3 is 2.86 bits per heavy atom. The molecule has 0 radical (unpaired) electrons. The van der Waals surface area contributed by atoms with Crippen LogP contribution in [0.2, 0.25) is 0 Å². The summed E-state index contributed by atoms with van der Waals surface area (Å²) in [5.74, 6) is -0.314. The van der Waals surface area contributed by atoms with Crippen molar-refractivity contribution in [3.05, 3.63) is 47.9 Å². The van der Waals surface area contributed by atoms with Gasteiger partial charge in [-0.1, -0.05) is 18.2 Å². The highest BCUT2D eigenvalue weighted by molar-refractivity contribution is 6.02. The van der Waals surface area contributed by atoms with E-state index >= 15 is 0 Å². The molecule has 2 aromatic carbocycles. The second kappa shape index (κ2) is 4.15. The van der Waals surface area contributed by atoms with Crippen molar-refractivity contribution in [2.75, 3.05) is 0 Å². The largest absolute Gasteiger partial charge is 0.277 e. The number of aryl methyl sites for hydroxylation is 2. The summed E-state index contributed by atoms with van der Waals surface area (Å²) in [4.78, 5) is 0. The molecule has 2 heterocycles. The Labute approximate surface area is 120 Å². The van der Waals surface area contributed by atoms with Gasteiger partial charge in [0.1, 0.15) is 11.2 Å². The lowest BCUT2D eigenvalue weighted by Gasteiger charge is -2.01. The number of benzene rings is 2. The van der Waals surface area contributed by atoms with E-state index in [1.165, 1.54) is 6.07 Å². The van der Waals surface area contributed by atoms with Gasteiger partial charge in [0, 0.05) is 29.6 Å². The quantitative estimate of drug-likeness (QED) is 0.579. The number of rotatable bonds is 1. The van der Waals surface area contributed by atoms with E-state index in [0.29, 0.717) is 5.52 Å². The molecule has 0 aliphatic carbocycles. The minimum atomic E-state index is -0.314. The zero-order valence-corrected chi connectivity index (χ0v) is 11.7. The molecule has 0 amide bonds. The molecule has 0 aliphatic rings. The molecular weight excluding hydrogens is 267 g/mol. The molecule has 0 aliphatic heterocycles. The number of aromatic amines is 1. The molecule has 2 aromatic heterocycles. The smallest absolute Gasteiger partial charge is 0.151 e. The second-order valence-corrected chi connectivity index (χ2v) is 5.23. The van der Waals surface area contributed by atoms with Crippen molar-refractivity contribution in [3.8, 4) is 11.3 Å². The molecule has 0 unspecified atom stereocenters. The standard InChI is InChI=1S/C16H13FN4/c1-9-4-3-5-11-14(9)18-19-15(11)10-6-7-13(17)16-12(10)8-21(2)20-16/h3-8H,1-2H3,(H,18,19). The Hall–Kier alpha value is -2.69. The summed E-state index contributed by atoms with van der Waals surface area (Å²) in [5, 5.41) is 13.5. The first kappa shape index (κ1) is 12.1. The molecule has 0 atom stereocenters. The fourth-order valence-corrected chi connectivity index (χ4v) is 2.78. The Bertz CT molecular complexity index is 981. The van der Waals surface area contributed by atoms with Crippen LogP contribution in [0.25, 0.3) is 33.1 Å². The van der Waals surface area contributed by atoms with Gasteiger partial charge in [-0.25, -0.2) is 4.39 Å². The topological polar surface area (TPSA) is 46.5 Å². The van der Waals surface area contributed by atoms with Crippen LogP contribution in [-0.4, -0.2) is 20.0 Å². The molecule has 0 spiro atoms. The third kappa shape index (κ3) is 1.67. The van der Waals surface area contributed by atoms with E-state index in [9.17, 15) is 4.39 Å². The highest BCUT2D eigenvalue weighted by atomic mass is 19.1. The minimum absolute atomic E-state index is 0.314. The van der Waals surface area contributed by atoms with Crippen LogP contribution in [-0.2, 0) is 7.05 Å². The number of halogens is 1. The van der Waals surface area contributed by atoms with Crippen molar-refractivity contribution in [1.29, 1.82) is 0 Å². The third-order valence-corrected chi connectivity index (χ3v) is 3.80. The van der Waals surface area contributed by atoms with Crippen molar-refractivity contribution < 1.29 is 4.39 Å². The maximum atomic E-state index is 13.9. The minimum Gasteiger partial charge on any atom is -0.277 e. The number of H-pyrrole nitrogens is 1. The van der Waals surface area contributed by atoms with Crippen LogP contribution in [0.1, 0.15) is 5.56 Å². The van der Waals surface area contributed by atoms with Crippen molar-refractivity contribution >= 4 is 21.8 Å². The van der Waals surface area contributed by atoms with Gasteiger partial charge in [0.05, 0.1) is 5.52 Å². The molecule has 21 heavy (non-hydrogen) atoms. The van der Waals surface area contributed by atoms with Gasteiger partial charge in [-0.15, -0.1) is 0 Å². The monoisotopic (exact) mass is 280 g/mol. The van der Waals surface area contributed by atoms with E-state index in [4.69, 9.17) is 0 Å². The second-order valence-electron chi connectivity index (χ2n) is 5.23. The zero-order valence-electron chi connectivity index (χ0n) is 11.7. The lowest BCUT2D eigenvalue weighted by Crippen LogP contribution is -1.86. The summed E-state index contributed by atoms with van der Waals surface area (Å²) >= 11 is 0. The Morgan fingerprint density at radius 2 is 2.00 bits per heavy atom. The van der Waals surface area contributed by atoms with E-state index in [2.05, 4.69) is 15.3 Å². The first-order chi connectivity index (χ1) is 10.1. The van der Waals surface area contributed by atoms with Crippen LogP contribution < -0.4 is 0 Å². The van der Waals surface area contributed by atoms with Gasteiger partial charge in [0.25, 0.3) is 0 Å². The summed E-state index contributed by atoms with van der Waals surface area (Å²) in [7, 11) is 1.79. The molecular formula is C16H13FN4. The van der Waals surface area contributed by atoms with E-state index < -0.39 is 0 Å². The number of fused-ring (bicyclic) bond motifs is 2. The number of nitrogens with zero attached hydrogens (tertiary/aromatic N) is 3. The Morgan fingerprint density at radius 1 is 1.14 bits per heavy atom. The lowest BCUT2D eigenvalue weighted by atomic mass is 10.0. The summed E-state index contributed by atoms with van der Waals surface area (Å²) in [6.45, 7) is 2.04. The fraction of sp³-hybridized carbons (Fsp3) is 0.125. The molecule has 5 heteroatoms. The van der Waals surface area contributed by atoms with Crippen molar-refractivity contribution in [2.45, 2.75) is 6.92 Å². The van der Waals surface area contributed by atoms with Gasteiger partial charge in [-0.3, -0.25) is 9.78 Å². The highest BCUT2D eigenvalue weighted by Crippen LogP contribution is 2.33. The van der Waals surface area contributed by atoms with Crippen LogP contribution in [0.4, 0.5) is 4.39 Å². The number of nitrogens with one attached hydrogen (secondary N) is 1. The number of para-hydroxylation sites is 1. The van der Waals surface area contributed by atoms with Crippen LogP contribution in [0.3, 0.4) is 0 Å². The van der Waals surface area contributed by atoms with E-state index in [0.717, 1.165) is 33.1 Å². The fourth-order valence-electron chi connectivity index (χ4n) is 2.78. The SMILES string of the molecule is Cc1cccc2c(-c3ccc(F)c4nn(C)cc34)n[nH]c12. The average molecular weight is 280 g/mol. The highest BCUT2D eigenvalue weighted by Gasteiger charge is 2.15. The Balaban J connectivity index is 2.09. The molecule has 0 saturated carbocycles. The van der Waals surface area contributed by atoms with Crippen molar-refractivity contribution in [2.24, 2.45) is 7.05 Å². The van der Waals surface area contributed by atoms with Crippen molar-refractivity contribution in [1.82, 2.24) is 20.0 Å². The number of hydrogen-bond acceptors (Lipinski definition) is 2. The summed E-state index contributed by atoms with van der Waals surface area (Å²) < 4.78 is 15.5. The zero-order chi connectivity index (χ0) is 14.6. The number of hydrogen-bond donors (Lipinski definition) is 1. The van der Waals surface area contributed by atoms with Crippen molar-refractivity contribution in [3.63, 3.8) is 0 Å². The van der Waals surface area contributed by atoms with Gasteiger partial charge >= 0.3 is 0 Å². The third-order valence-electron chi connectivity index (χ3n) is 3.80. The summed E-state index contributed by atoms with van der Waals surface area (Å²) in [5.41, 5.74) is 4.23. The van der Waals surface area contributed by atoms with Crippen LogP contribution >= 0.6 is 0 Å². The molecule has 0 fully saturated rings.